The van der Waals surface area contributed by atoms with Crippen molar-refractivity contribution in [2.45, 2.75) is 25.8 Å². The number of carbonyl (C=O) groups is 1. The van der Waals surface area contributed by atoms with Gasteiger partial charge < -0.3 is 5.32 Å². The van der Waals surface area contributed by atoms with Gasteiger partial charge >= 0.3 is 0 Å². The van der Waals surface area contributed by atoms with Crippen LogP contribution in [0.3, 0.4) is 0 Å². The van der Waals surface area contributed by atoms with Crippen molar-refractivity contribution in [3.63, 3.8) is 0 Å². The van der Waals surface area contributed by atoms with Crippen LogP contribution < -0.4 is 5.32 Å². The lowest BCUT2D eigenvalue weighted by molar-refractivity contribution is -0.119. The third kappa shape index (κ3) is 3.59. The molecule has 1 aliphatic heterocycles. The van der Waals surface area contributed by atoms with E-state index in [0.29, 0.717) is 6.04 Å². The Balaban J connectivity index is 2.22. The van der Waals surface area contributed by atoms with Gasteiger partial charge in [0.1, 0.15) is 0 Å². The predicted octanol–water partition coefficient (Wildman–Crippen LogP) is 0.773. The van der Waals surface area contributed by atoms with Crippen LogP contribution >= 0.6 is 0 Å². The summed E-state index contributed by atoms with van der Waals surface area (Å²) in [7, 11) is 0. The maximum atomic E-state index is 10.8. The molecule has 1 amide bonds. The Kier molecular flexibility index (Phi) is 3.96. The van der Waals surface area contributed by atoms with Crippen LogP contribution in [-0.4, -0.2) is 36.5 Å². The molecule has 0 atom stereocenters. The van der Waals surface area contributed by atoms with Gasteiger partial charge in [0.25, 0.3) is 0 Å². The highest BCUT2D eigenvalue weighted by Crippen LogP contribution is 2.09. The Bertz CT molecular complexity index is 183. The number of rotatable bonds is 3. The van der Waals surface area contributed by atoms with Crippen LogP contribution in [0.25, 0.3) is 0 Å². The van der Waals surface area contributed by atoms with Crippen LogP contribution in [0.1, 0.15) is 19.8 Å². The van der Waals surface area contributed by atoms with E-state index in [2.05, 4.69) is 16.8 Å². The van der Waals surface area contributed by atoms with E-state index in [1.165, 1.54) is 0 Å². The molecule has 0 radical (unpaired) electrons. The molecule has 1 N–H and O–H groups in total. The second-order valence-electron chi connectivity index (χ2n) is 3.56. The molecule has 0 aromatic rings. The molecule has 3 nitrogen and oxygen atoms in total. The molecule has 1 fully saturated rings. The van der Waals surface area contributed by atoms with E-state index in [1.807, 2.05) is 6.08 Å². The van der Waals surface area contributed by atoms with E-state index in [4.69, 9.17) is 0 Å². The number of hydrogen-bond acceptors (Lipinski definition) is 2. The van der Waals surface area contributed by atoms with Gasteiger partial charge in [-0.1, -0.05) is 6.08 Å². The third-order valence-corrected chi connectivity index (χ3v) is 2.38. The topological polar surface area (TPSA) is 32.3 Å². The molecule has 0 bridgehead atoms. The molecule has 0 aromatic carbocycles. The molecule has 1 aliphatic rings. The second kappa shape index (κ2) is 5.02. The first-order chi connectivity index (χ1) is 6.22. The van der Waals surface area contributed by atoms with Gasteiger partial charge in [0.2, 0.25) is 5.91 Å². The second-order valence-corrected chi connectivity index (χ2v) is 3.56. The summed E-state index contributed by atoms with van der Waals surface area (Å²) in [5.74, 6) is 0.0853. The number of piperidine rings is 1. The fourth-order valence-electron chi connectivity index (χ4n) is 1.73. The normalized spacial score (nSPS) is 19.8. The van der Waals surface area contributed by atoms with Gasteiger partial charge in [0.05, 0.1) is 0 Å². The molecule has 3 heteroatoms. The highest BCUT2D eigenvalue weighted by Gasteiger charge is 2.18. The summed E-state index contributed by atoms with van der Waals surface area (Å²) in [4.78, 5) is 13.1. The number of carbonyl (C=O) groups excluding carboxylic acids is 1. The van der Waals surface area contributed by atoms with Gasteiger partial charge in [-0.05, 0) is 12.8 Å². The number of hydrogen-bond donors (Lipinski definition) is 1. The zero-order valence-electron chi connectivity index (χ0n) is 8.25. The average molecular weight is 182 g/mol. The predicted molar refractivity (Wildman–Crippen MR) is 53.5 cm³/mol. The maximum absolute atomic E-state index is 10.8. The van der Waals surface area contributed by atoms with Crippen LogP contribution in [0.2, 0.25) is 0 Å². The zero-order valence-corrected chi connectivity index (χ0v) is 8.25. The Morgan fingerprint density at radius 3 is 2.69 bits per heavy atom. The Morgan fingerprint density at radius 2 is 2.23 bits per heavy atom. The quantitative estimate of drug-likeness (QED) is 0.654. The third-order valence-electron chi connectivity index (χ3n) is 2.38. The van der Waals surface area contributed by atoms with Crippen molar-refractivity contribution in [2.24, 2.45) is 0 Å². The summed E-state index contributed by atoms with van der Waals surface area (Å²) in [6, 6.07) is 0.388. The highest BCUT2D eigenvalue weighted by atomic mass is 16.1. The average Bonchev–Trinajstić information content (AvgIpc) is 2.08. The first-order valence-corrected chi connectivity index (χ1v) is 4.82. The largest absolute Gasteiger partial charge is 0.354 e. The lowest BCUT2D eigenvalue weighted by Gasteiger charge is -2.31. The van der Waals surface area contributed by atoms with Crippen LogP contribution in [0.5, 0.6) is 0 Å². The van der Waals surface area contributed by atoms with E-state index in [9.17, 15) is 4.79 Å². The molecule has 13 heavy (non-hydrogen) atoms. The number of amides is 1. The molecule has 1 rings (SSSR count). The van der Waals surface area contributed by atoms with Gasteiger partial charge in [0, 0.05) is 32.6 Å². The summed E-state index contributed by atoms with van der Waals surface area (Å²) in [5, 5.41) is 2.95. The van der Waals surface area contributed by atoms with Crippen LogP contribution in [-0.2, 0) is 4.79 Å². The molecular formula is C10H18N2O. The van der Waals surface area contributed by atoms with Crippen LogP contribution in [0.4, 0.5) is 0 Å². The van der Waals surface area contributed by atoms with E-state index in [1.54, 1.807) is 6.92 Å². The molecule has 0 aliphatic carbocycles. The van der Waals surface area contributed by atoms with Gasteiger partial charge in [-0.3, -0.25) is 9.69 Å². The van der Waals surface area contributed by atoms with Crippen LogP contribution in [0, 0.1) is 0 Å². The molecule has 0 saturated carbocycles. The first-order valence-electron chi connectivity index (χ1n) is 4.82. The van der Waals surface area contributed by atoms with Crippen molar-refractivity contribution in [3.8, 4) is 0 Å². The van der Waals surface area contributed by atoms with Gasteiger partial charge in [0.15, 0.2) is 0 Å². The zero-order chi connectivity index (χ0) is 9.68. The van der Waals surface area contributed by atoms with Crippen molar-refractivity contribution >= 4 is 5.91 Å². The summed E-state index contributed by atoms with van der Waals surface area (Å²) >= 11 is 0. The molecule has 1 heterocycles. The summed E-state index contributed by atoms with van der Waals surface area (Å²) < 4.78 is 0. The van der Waals surface area contributed by atoms with Crippen molar-refractivity contribution in [2.75, 3.05) is 19.6 Å². The monoisotopic (exact) mass is 182 g/mol. The van der Waals surface area contributed by atoms with E-state index < -0.39 is 0 Å². The van der Waals surface area contributed by atoms with E-state index in [0.717, 1.165) is 32.5 Å². The summed E-state index contributed by atoms with van der Waals surface area (Å²) in [5.41, 5.74) is 0. The fraction of sp³-hybridized carbons (Fsp3) is 0.700. The van der Waals surface area contributed by atoms with Gasteiger partial charge in [-0.25, -0.2) is 0 Å². The fourth-order valence-corrected chi connectivity index (χ4v) is 1.73. The molecule has 0 unspecified atom stereocenters. The lowest BCUT2D eigenvalue weighted by atomic mass is 10.1. The Hall–Kier alpha value is -0.830. The van der Waals surface area contributed by atoms with Crippen molar-refractivity contribution < 1.29 is 4.79 Å². The number of nitrogens with zero attached hydrogens (tertiary/aromatic N) is 1. The number of likely N-dealkylation sites (tertiary alicyclic amines) is 1. The standard InChI is InChI=1S/C10H18N2O/c1-3-6-12-7-4-10(5-8-12)11-9(2)13/h3,10H,1,4-8H2,2H3,(H,11,13). The molecular weight excluding hydrogens is 164 g/mol. The Labute approximate surface area is 79.8 Å². The van der Waals surface area contributed by atoms with Crippen molar-refractivity contribution in [1.29, 1.82) is 0 Å². The van der Waals surface area contributed by atoms with E-state index in [-0.39, 0.29) is 5.91 Å². The summed E-state index contributed by atoms with van der Waals surface area (Å²) in [6.07, 6.45) is 4.06. The van der Waals surface area contributed by atoms with Crippen molar-refractivity contribution in [3.05, 3.63) is 12.7 Å². The minimum absolute atomic E-state index is 0.0853. The first kappa shape index (κ1) is 10.3. The van der Waals surface area contributed by atoms with E-state index >= 15 is 0 Å². The summed E-state index contributed by atoms with van der Waals surface area (Å²) in [6.45, 7) is 8.39. The minimum Gasteiger partial charge on any atom is -0.354 e. The maximum Gasteiger partial charge on any atom is 0.217 e. The smallest absolute Gasteiger partial charge is 0.217 e. The minimum atomic E-state index is 0.0853. The number of nitrogens with one attached hydrogen (secondary N) is 1. The molecule has 74 valence electrons. The van der Waals surface area contributed by atoms with Crippen LogP contribution in [0.15, 0.2) is 12.7 Å². The Morgan fingerprint density at radius 1 is 1.62 bits per heavy atom. The van der Waals surface area contributed by atoms with Crippen molar-refractivity contribution in [1.82, 2.24) is 10.2 Å². The van der Waals surface area contributed by atoms with Gasteiger partial charge in [-0.2, -0.15) is 0 Å². The molecule has 1 saturated heterocycles. The SMILES string of the molecule is C=CCN1CCC(NC(C)=O)CC1. The lowest BCUT2D eigenvalue weighted by Crippen LogP contribution is -2.43. The highest BCUT2D eigenvalue weighted by molar-refractivity contribution is 5.73. The van der Waals surface area contributed by atoms with Gasteiger partial charge in [-0.15, -0.1) is 6.58 Å². The molecule has 0 aromatic heterocycles. The molecule has 0 spiro atoms.